The number of likely N-dealkylation sites (tertiary alicyclic amines) is 1. The molecule has 1 unspecified atom stereocenters. The molecular weight excluding hydrogens is 494 g/mol. The van der Waals surface area contributed by atoms with E-state index in [1.54, 1.807) is 27.7 Å². The molecule has 2 aromatic carbocycles. The quantitative estimate of drug-likeness (QED) is 0.543. The Morgan fingerprint density at radius 3 is 2.59 bits per heavy atom. The average molecular weight is 530 g/mol. The lowest BCUT2D eigenvalue weighted by Gasteiger charge is -2.41. The molecule has 9 nitrogen and oxygen atoms in total. The molecule has 6 rings (SSSR count). The number of carbonyl (C=O) groups excluding carboxylic acids is 2. The van der Waals surface area contributed by atoms with Gasteiger partial charge in [-0.25, -0.2) is 9.59 Å². The molecule has 3 aromatic rings. The molecule has 3 amide bonds. The van der Waals surface area contributed by atoms with E-state index in [2.05, 4.69) is 5.32 Å². The van der Waals surface area contributed by atoms with E-state index in [0.29, 0.717) is 48.7 Å². The van der Waals surface area contributed by atoms with Gasteiger partial charge in [-0.05, 0) is 81.7 Å². The number of nitrogens with zero attached hydrogens (tertiary/aromatic N) is 4. The van der Waals surface area contributed by atoms with E-state index in [9.17, 15) is 19.2 Å². The van der Waals surface area contributed by atoms with E-state index >= 15 is 0 Å². The Bertz CT molecular complexity index is 1570. The lowest BCUT2D eigenvalue weighted by molar-refractivity contribution is 0.0563. The van der Waals surface area contributed by atoms with Crippen LogP contribution in [0.2, 0.25) is 0 Å². The normalized spacial score (nSPS) is 19.5. The number of amides is 3. The molecule has 204 valence electrons. The zero-order valence-electron chi connectivity index (χ0n) is 22.6. The van der Waals surface area contributed by atoms with E-state index in [1.807, 2.05) is 43.0 Å². The molecule has 0 spiro atoms. The molecule has 2 aliphatic heterocycles. The van der Waals surface area contributed by atoms with Gasteiger partial charge in [0.2, 0.25) is 0 Å². The number of hydrogen-bond donors (Lipinski definition) is 1. The number of urea groups is 1. The summed E-state index contributed by atoms with van der Waals surface area (Å²) in [5.41, 5.74) is 2.35. The standard InChI is InChI=1S/C30H35N5O4/c1-19(2)35-26-12-11-22(16-25(26)28(37)34(30(35)39)17-20-9-10-20)31-29(38)32-14-5-7-23(18-32)33-15-13-21-6-3-4-8-24(21)27(33)36/h3-4,6,8,11-12,16,19-20,23H,5,7,9-10,13-15,17-18H2,1-2H3,(H,31,38). The van der Waals surface area contributed by atoms with Crippen LogP contribution < -0.4 is 16.6 Å². The zero-order valence-corrected chi connectivity index (χ0v) is 22.6. The number of hydrogen-bond acceptors (Lipinski definition) is 4. The van der Waals surface area contributed by atoms with Gasteiger partial charge in [-0.3, -0.25) is 18.7 Å². The predicted octanol–water partition coefficient (Wildman–Crippen LogP) is 3.85. The summed E-state index contributed by atoms with van der Waals surface area (Å²) in [6, 6.07) is 12.5. The van der Waals surface area contributed by atoms with Gasteiger partial charge in [0, 0.05) is 49.5 Å². The van der Waals surface area contributed by atoms with Crippen LogP contribution >= 0.6 is 0 Å². The van der Waals surface area contributed by atoms with E-state index in [-0.39, 0.29) is 35.3 Å². The number of fused-ring (bicyclic) bond motifs is 2. The maximum Gasteiger partial charge on any atom is 0.331 e. The van der Waals surface area contributed by atoms with E-state index in [1.165, 1.54) is 4.57 Å². The predicted molar refractivity (Wildman–Crippen MR) is 150 cm³/mol. The van der Waals surface area contributed by atoms with Crippen LogP contribution in [0, 0.1) is 5.92 Å². The second-order valence-electron chi connectivity index (χ2n) is 11.4. The van der Waals surface area contributed by atoms with Gasteiger partial charge in [-0.15, -0.1) is 0 Å². The van der Waals surface area contributed by atoms with Crippen LogP contribution in [-0.2, 0) is 13.0 Å². The molecule has 0 bridgehead atoms. The number of aromatic nitrogens is 2. The number of piperidine rings is 1. The summed E-state index contributed by atoms with van der Waals surface area (Å²) in [5.74, 6) is 0.418. The van der Waals surface area contributed by atoms with Crippen molar-refractivity contribution in [2.45, 2.75) is 64.6 Å². The van der Waals surface area contributed by atoms with Crippen LogP contribution in [0.25, 0.3) is 10.9 Å². The fraction of sp³-hybridized carbons (Fsp3) is 0.467. The Balaban J connectivity index is 1.22. The molecule has 1 atom stereocenters. The first kappa shape index (κ1) is 25.4. The molecular formula is C30H35N5O4. The molecule has 1 aromatic heterocycles. The molecule has 2 fully saturated rings. The molecule has 1 aliphatic carbocycles. The Hall–Kier alpha value is -3.88. The van der Waals surface area contributed by atoms with Crippen molar-refractivity contribution in [2.75, 3.05) is 25.0 Å². The highest BCUT2D eigenvalue weighted by molar-refractivity contribution is 5.97. The molecule has 1 N–H and O–H groups in total. The van der Waals surface area contributed by atoms with Gasteiger partial charge in [0.05, 0.1) is 10.9 Å². The van der Waals surface area contributed by atoms with E-state index in [0.717, 1.165) is 43.2 Å². The number of carbonyl (C=O) groups is 2. The molecule has 1 saturated carbocycles. The third kappa shape index (κ3) is 4.75. The maximum atomic E-state index is 13.4. The molecule has 3 heterocycles. The Kier molecular flexibility index (Phi) is 6.53. The summed E-state index contributed by atoms with van der Waals surface area (Å²) in [6.45, 7) is 6.03. The van der Waals surface area contributed by atoms with Crippen molar-refractivity contribution in [2.24, 2.45) is 5.92 Å². The van der Waals surface area contributed by atoms with Crippen molar-refractivity contribution in [1.29, 1.82) is 0 Å². The molecule has 1 saturated heterocycles. The smallest absolute Gasteiger partial charge is 0.331 e. The largest absolute Gasteiger partial charge is 0.334 e. The zero-order chi connectivity index (χ0) is 27.3. The summed E-state index contributed by atoms with van der Waals surface area (Å²) in [7, 11) is 0. The average Bonchev–Trinajstić information content (AvgIpc) is 3.76. The van der Waals surface area contributed by atoms with Crippen LogP contribution in [0.5, 0.6) is 0 Å². The summed E-state index contributed by atoms with van der Waals surface area (Å²) in [5, 5.41) is 3.39. The first-order chi connectivity index (χ1) is 18.8. The van der Waals surface area contributed by atoms with Crippen LogP contribution in [-0.4, -0.2) is 56.5 Å². The molecule has 39 heavy (non-hydrogen) atoms. The first-order valence-corrected chi connectivity index (χ1v) is 14.1. The third-order valence-corrected chi connectivity index (χ3v) is 8.33. The van der Waals surface area contributed by atoms with Crippen LogP contribution in [0.3, 0.4) is 0 Å². The van der Waals surface area contributed by atoms with Gasteiger partial charge in [-0.1, -0.05) is 18.2 Å². The highest BCUT2D eigenvalue weighted by atomic mass is 16.2. The fourth-order valence-corrected chi connectivity index (χ4v) is 6.07. The Morgan fingerprint density at radius 1 is 1.03 bits per heavy atom. The highest BCUT2D eigenvalue weighted by Gasteiger charge is 2.34. The van der Waals surface area contributed by atoms with Crippen LogP contribution in [0.15, 0.2) is 52.1 Å². The Morgan fingerprint density at radius 2 is 1.82 bits per heavy atom. The van der Waals surface area contributed by atoms with Gasteiger partial charge >= 0.3 is 11.7 Å². The topological polar surface area (TPSA) is 96.6 Å². The van der Waals surface area contributed by atoms with Crippen molar-refractivity contribution < 1.29 is 9.59 Å². The minimum absolute atomic E-state index is 0.0305. The monoisotopic (exact) mass is 529 g/mol. The number of anilines is 1. The van der Waals surface area contributed by atoms with Crippen molar-refractivity contribution in [3.63, 3.8) is 0 Å². The fourth-order valence-electron chi connectivity index (χ4n) is 6.07. The lowest BCUT2D eigenvalue weighted by atomic mass is 9.95. The number of nitrogens with one attached hydrogen (secondary N) is 1. The number of benzene rings is 2. The minimum Gasteiger partial charge on any atom is -0.334 e. The maximum absolute atomic E-state index is 13.4. The van der Waals surface area contributed by atoms with E-state index < -0.39 is 0 Å². The summed E-state index contributed by atoms with van der Waals surface area (Å²) < 4.78 is 3.02. The van der Waals surface area contributed by atoms with Crippen molar-refractivity contribution in [3.8, 4) is 0 Å². The number of rotatable bonds is 5. The summed E-state index contributed by atoms with van der Waals surface area (Å²) in [4.78, 5) is 56.7. The second-order valence-corrected chi connectivity index (χ2v) is 11.4. The van der Waals surface area contributed by atoms with E-state index in [4.69, 9.17) is 0 Å². The van der Waals surface area contributed by atoms with Crippen LogP contribution in [0.4, 0.5) is 10.5 Å². The highest BCUT2D eigenvalue weighted by Crippen LogP contribution is 2.30. The Labute approximate surface area is 227 Å². The van der Waals surface area contributed by atoms with Crippen molar-refractivity contribution in [1.82, 2.24) is 18.9 Å². The van der Waals surface area contributed by atoms with Gasteiger partial charge in [-0.2, -0.15) is 0 Å². The lowest BCUT2D eigenvalue weighted by Crippen LogP contribution is -2.54. The van der Waals surface area contributed by atoms with Crippen molar-refractivity contribution >= 4 is 28.5 Å². The summed E-state index contributed by atoms with van der Waals surface area (Å²) >= 11 is 0. The van der Waals surface area contributed by atoms with Crippen molar-refractivity contribution in [3.05, 3.63) is 74.4 Å². The molecule has 0 radical (unpaired) electrons. The van der Waals surface area contributed by atoms with Gasteiger partial charge in [0.1, 0.15) is 0 Å². The first-order valence-electron chi connectivity index (χ1n) is 14.1. The summed E-state index contributed by atoms with van der Waals surface area (Å²) in [6.07, 6.45) is 4.57. The third-order valence-electron chi connectivity index (χ3n) is 8.33. The second kappa shape index (κ2) is 10.0. The molecule has 3 aliphatic rings. The molecule has 9 heteroatoms. The van der Waals surface area contributed by atoms with Gasteiger partial charge < -0.3 is 15.1 Å². The van der Waals surface area contributed by atoms with Gasteiger partial charge in [0.25, 0.3) is 11.5 Å². The van der Waals surface area contributed by atoms with Crippen LogP contribution in [0.1, 0.15) is 61.5 Å². The van der Waals surface area contributed by atoms with Gasteiger partial charge in [0.15, 0.2) is 0 Å². The SMILES string of the molecule is CC(C)n1c(=O)n(CC2CC2)c(=O)c2cc(NC(=O)N3CCCC(N4CCc5ccccc5C4=O)C3)ccc21. The minimum atomic E-state index is -0.308.